The minimum Gasteiger partial charge on any atom is -0.366 e. The lowest BCUT2D eigenvalue weighted by Gasteiger charge is -2.31. The predicted molar refractivity (Wildman–Crippen MR) is 124 cm³/mol. The molecule has 0 unspecified atom stereocenters. The summed E-state index contributed by atoms with van der Waals surface area (Å²) in [7, 11) is 0. The van der Waals surface area contributed by atoms with Crippen molar-refractivity contribution in [3.8, 4) is 6.07 Å². The number of halogens is 1. The monoisotopic (exact) mass is 495 g/mol. The minimum atomic E-state index is 0.696. The van der Waals surface area contributed by atoms with Crippen LogP contribution in [0.3, 0.4) is 0 Å². The van der Waals surface area contributed by atoms with Crippen LogP contribution in [0.5, 0.6) is 0 Å². The molecule has 1 N–H and O–H groups in total. The van der Waals surface area contributed by atoms with Crippen LogP contribution in [-0.4, -0.2) is 16.5 Å². The fourth-order valence-corrected chi connectivity index (χ4v) is 4.23. The molecule has 0 bridgehead atoms. The second-order valence-corrected chi connectivity index (χ2v) is 8.55. The molecule has 3 aromatic rings. The van der Waals surface area contributed by atoms with Crippen LogP contribution in [0, 0.1) is 28.7 Å². The number of nitriles is 1. The highest BCUT2D eigenvalue weighted by atomic mass is 127. The molecule has 5 nitrogen and oxygen atoms in total. The Morgan fingerprint density at radius 3 is 2.83 bits per heavy atom. The van der Waals surface area contributed by atoms with Crippen LogP contribution in [0.4, 0.5) is 11.5 Å². The summed E-state index contributed by atoms with van der Waals surface area (Å²) in [5, 5.41) is 13.1. The van der Waals surface area contributed by atoms with Gasteiger partial charge in [-0.25, -0.2) is 9.97 Å². The van der Waals surface area contributed by atoms with Gasteiger partial charge in [0.2, 0.25) is 0 Å². The first-order valence-corrected chi connectivity index (χ1v) is 10.7. The van der Waals surface area contributed by atoms with Crippen LogP contribution in [0.25, 0.3) is 0 Å². The average molecular weight is 495 g/mol. The number of rotatable bonds is 4. The van der Waals surface area contributed by atoms with Gasteiger partial charge in [-0.15, -0.1) is 0 Å². The SMILES string of the molecule is Cc1ccc(N2CCc3ncnc(NCc4ccc(C)c(I)c4)c3C2)c(C#N)c1. The fraction of sp³-hybridized carbons (Fsp3) is 0.261. The molecule has 0 radical (unpaired) electrons. The van der Waals surface area contributed by atoms with E-state index in [1.807, 2.05) is 19.1 Å². The molecular formula is C23H22IN5. The third-order valence-corrected chi connectivity index (χ3v) is 6.47. The predicted octanol–water partition coefficient (Wildman–Crippen LogP) is 4.74. The Kier molecular flexibility index (Phi) is 5.67. The smallest absolute Gasteiger partial charge is 0.134 e. The maximum atomic E-state index is 9.56. The number of aromatic nitrogens is 2. The molecule has 0 saturated carbocycles. The van der Waals surface area contributed by atoms with E-state index in [1.165, 1.54) is 14.7 Å². The van der Waals surface area contributed by atoms with Gasteiger partial charge in [-0.1, -0.05) is 18.2 Å². The molecule has 29 heavy (non-hydrogen) atoms. The van der Waals surface area contributed by atoms with E-state index in [9.17, 15) is 5.26 Å². The molecule has 2 heterocycles. The van der Waals surface area contributed by atoms with Gasteiger partial charge in [-0.3, -0.25) is 0 Å². The highest BCUT2D eigenvalue weighted by Crippen LogP contribution is 2.30. The first-order chi connectivity index (χ1) is 14.0. The fourth-order valence-electron chi connectivity index (χ4n) is 3.65. The van der Waals surface area contributed by atoms with Gasteiger partial charge in [-0.05, 0) is 71.3 Å². The lowest BCUT2D eigenvalue weighted by Crippen LogP contribution is -2.32. The molecule has 1 aliphatic heterocycles. The van der Waals surface area contributed by atoms with Crippen molar-refractivity contribution >= 4 is 34.1 Å². The molecule has 0 atom stereocenters. The van der Waals surface area contributed by atoms with Crippen LogP contribution >= 0.6 is 22.6 Å². The average Bonchev–Trinajstić information content (AvgIpc) is 2.74. The van der Waals surface area contributed by atoms with E-state index in [0.717, 1.165) is 41.3 Å². The van der Waals surface area contributed by atoms with Crippen molar-refractivity contribution in [2.45, 2.75) is 33.4 Å². The molecule has 0 spiro atoms. The molecule has 0 fully saturated rings. The summed E-state index contributed by atoms with van der Waals surface area (Å²) in [5.74, 6) is 0.876. The summed E-state index contributed by atoms with van der Waals surface area (Å²) in [4.78, 5) is 11.3. The maximum Gasteiger partial charge on any atom is 0.134 e. The molecule has 146 valence electrons. The molecular weight excluding hydrogens is 473 g/mol. The van der Waals surface area contributed by atoms with Crippen molar-refractivity contribution in [1.29, 1.82) is 5.26 Å². The summed E-state index contributed by atoms with van der Waals surface area (Å²) < 4.78 is 1.26. The zero-order chi connectivity index (χ0) is 20.4. The molecule has 1 aliphatic rings. The Balaban J connectivity index is 1.58. The summed E-state index contributed by atoms with van der Waals surface area (Å²) in [6.07, 6.45) is 2.48. The largest absolute Gasteiger partial charge is 0.366 e. The third-order valence-electron chi connectivity index (χ3n) is 5.31. The van der Waals surface area contributed by atoms with Crippen LogP contribution in [0.2, 0.25) is 0 Å². The van der Waals surface area contributed by atoms with E-state index < -0.39 is 0 Å². The zero-order valence-corrected chi connectivity index (χ0v) is 18.7. The summed E-state index contributed by atoms with van der Waals surface area (Å²) in [5.41, 5.74) is 7.51. The normalized spacial score (nSPS) is 13.0. The van der Waals surface area contributed by atoms with E-state index in [-0.39, 0.29) is 0 Å². The molecule has 0 amide bonds. The Hall–Kier alpha value is -2.66. The Morgan fingerprint density at radius 2 is 2.03 bits per heavy atom. The van der Waals surface area contributed by atoms with Crippen molar-refractivity contribution < 1.29 is 0 Å². The van der Waals surface area contributed by atoms with Crippen LogP contribution in [0.15, 0.2) is 42.7 Å². The van der Waals surface area contributed by atoms with Crippen LogP contribution < -0.4 is 10.2 Å². The highest BCUT2D eigenvalue weighted by molar-refractivity contribution is 14.1. The van der Waals surface area contributed by atoms with E-state index in [0.29, 0.717) is 18.7 Å². The van der Waals surface area contributed by atoms with E-state index in [1.54, 1.807) is 6.33 Å². The van der Waals surface area contributed by atoms with Gasteiger partial charge in [-0.2, -0.15) is 5.26 Å². The van der Waals surface area contributed by atoms with E-state index in [4.69, 9.17) is 0 Å². The van der Waals surface area contributed by atoms with Crippen molar-refractivity contribution in [2.75, 3.05) is 16.8 Å². The van der Waals surface area contributed by atoms with Crippen molar-refractivity contribution in [1.82, 2.24) is 9.97 Å². The van der Waals surface area contributed by atoms with Gasteiger partial charge < -0.3 is 10.2 Å². The lowest BCUT2D eigenvalue weighted by molar-refractivity contribution is 0.705. The lowest BCUT2D eigenvalue weighted by atomic mass is 10.0. The second-order valence-electron chi connectivity index (χ2n) is 7.39. The standard InChI is InChI=1S/C23H22IN5/c1-15-3-6-22(18(9-15)11-25)29-8-7-21-19(13-29)23(28-14-27-21)26-12-17-5-4-16(2)20(24)10-17/h3-6,9-10,14H,7-8,12-13H2,1-2H3,(H,26,27,28). The Bertz CT molecular complexity index is 1100. The number of hydrogen-bond acceptors (Lipinski definition) is 5. The summed E-state index contributed by atoms with van der Waals surface area (Å²) in [6, 6.07) is 14.9. The second kappa shape index (κ2) is 8.37. The number of anilines is 2. The van der Waals surface area contributed by atoms with Gasteiger partial charge in [0.25, 0.3) is 0 Å². The van der Waals surface area contributed by atoms with Crippen molar-refractivity contribution in [3.05, 3.63) is 79.8 Å². The Morgan fingerprint density at radius 1 is 1.17 bits per heavy atom. The molecule has 0 saturated heterocycles. The van der Waals surface area contributed by atoms with Crippen LogP contribution in [0.1, 0.15) is 33.5 Å². The molecule has 1 aromatic heterocycles. The first kappa shape index (κ1) is 19.6. The first-order valence-electron chi connectivity index (χ1n) is 9.62. The number of nitrogens with zero attached hydrogens (tertiary/aromatic N) is 4. The molecule has 0 aliphatic carbocycles. The quantitative estimate of drug-likeness (QED) is 0.530. The zero-order valence-electron chi connectivity index (χ0n) is 16.5. The van der Waals surface area contributed by atoms with Gasteiger partial charge in [0.15, 0.2) is 0 Å². The summed E-state index contributed by atoms with van der Waals surface area (Å²) in [6.45, 7) is 6.39. The number of hydrogen-bond donors (Lipinski definition) is 1. The van der Waals surface area contributed by atoms with Gasteiger partial charge >= 0.3 is 0 Å². The third kappa shape index (κ3) is 4.20. The van der Waals surface area contributed by atoms with Crippen molar-refractivity contribution in [3.63, 3.8) is 0 Å². The van der Waals surface area contributed by atoms with Crippen LogP contribution in [-0.2, 0) is 19.5 Å². The minimum absolute atomic E-state index is 0.696. The summed E-state index contributed by atoms with van der Waals surface area (Å²) >= 11 is 2.37. The number of aryl methyl sites for hydroxylation is 2. The molecule has 2 aromatic carbocycles. The van der Waals surface area contributed by atoms with E-state index >= 15 is 0 Å². The number of fused-ring (bicyclic) bond motifs is 1. The Labute approximate surface area is 184 Å². The molecule has 4 rings (SSSR count). The number of benzene rings is 2. The number of nitrogens with one attached hydrogen (secondary N) is 1. The maximum absolute atomic E-state index is 9.56. The topological polar surface area (TPSA) is 64.8 Å². The van der Waals surface area contributed by atoms with Crippen molar-refractivity contribution in [2.24, 2.45) is 0 Å². The van der Waals surface area contributed by atoms with E-state index in [2.05, 4.69) is 80.0 Å². The van der Waals surface area contributed by atoms with Gasteiger partial charge in [0, 0.05) is 35.2 Å². The van der Waals surface area contributed by atoms with Gasteiger partial charge in [0.05, 0.1) is 16.9 Å². The van der Waals surface area contributed by atoms with Gasteiger partial charge in [0.1, 0.15) is 18.2 Å². The highest BCUT2D eigenvalue weighted by Gasteiger charge is 2.23. The molecule has 6 heteroatoms.